The van der Waals surface area contributed by atoms with E-state index < -0.39 is 0 Å². The summed E-state index contributed by atoms with van der Waals surface area (Å²) in [5.74, 6) is 2.01. The molecule has 0 saturated heterocycles. The Morgan fingerprint density at radius 1 is 0.893 bits per heavy atom. The maximum Gasteiger partial charge on any atom is 0.161 e. The van der Waals surface area contributed by atoms with E-state index >= 15 is 0 Å². The Labute approximate surface area is 164 Å². The number of benzene rings is 3. The molecule has 28 heavy (non-hydrogen) atoms. The van der Waals surface area contributed by atoms with Crippen LogP contribution in [0.2, 0.25) is 0 Å². The molecule has 0 fully saturated rings. The number of aromatic hydroxyl groups is 1. The first-order chi connectivity index (χ1) is 13.7. The van der Waals surface area contributed by atoms with Crippen LogP contribution in [0.15, 0.2) is 60.7 Å². The predicted molar refractivity (Wildman–Crippen MR) is 111 cm³/mol. The topological polar surface area (TPSA) is 41.9 Å². The van der Waals surface area contributed by atoms with Crippen LogP contribution in [-0.2, 0) is 6.54 Å². The van der Waals surface area contributed by atoms with E-state index in [1.54, 1.807) is 12.1 Å². The number of ether oxygens (including phenoxy) is 2. The maximum atomic E-state index is 9.51. The average molecular weight is 371 g/mol. The zero-order valence-corrected chi connectivity index (χ0v) is 15.7. The Bertz CT molecular complexity index is 1050. The van der Waals surface area contributed by atoms with Gasteiger partial charge in [-0.05, 0) is 54.5 Å². The minimum Gasteiger partial charge on any atom is -0.508 e. The molecule has 0 aromatic heterocycles. The standard InChI is InChI=1S/C24H21NO3/c1-16-2-6-21(7-3-16)25-13-19-10-18-11-20(17-4-8-22(26)9-5-17)14-27-23(18)12-24(19)28-15-25/h2-12,26H,13-15H2,1H3. The zero-order valence-electron chi connectivity index (χ0n) is 15.7. The summed E-state index contributed by atoms with van der Waals surface area (Å²) in [4.78, 5) is 2.22. The molecule has 2 aliphatic heterocycles. The maximum absolute atomic E-state index is 9.51. The van der Waals surface area contributed by atoms with E-state index in [2.05, 4.69) is 48.2 Å². The number of rotatable bonds is 2. The number of phenolic OH excluding ortho intramolecular Hbond substituents is 1. The van der Waals surface area contributed by atoms with Gasteiger partial charge in [0.2, 0.25) is 0 Å². The average Bonchev–Trinajstić information content (AvgIpc) is 2.72. The van der Waals surface area contributed by atoms with Crippen LogP contribution >= 0.6 is 0 Å². The van der Waals surface area contributed by atoms with Gasteiger partial charge in [-0.2, -0.15) is 0 Å². The Kier molecular flexibility index (Phi) is 3.97. The third-order valence-electron chi connectivity index (χ3n) is 5.28. The molecule has 4 heteroatoms. The van der Waals surface area contributed by atoms with Gasteiger partial charge in [0, 0.05) is 29.4 Å². The molecule has 0 radical (unpaired) electrons. The molecule has 0 aliphatic carbocycles. The predicted octanol–water partition coefficient (Wildman–Crippen LogP) is 4.99. The molecule has 0 amide bonds. The monoisotopic (exact) mass is 371 g/mol. The molecule has 0 atom stereocenters. The lowest BCUT2D eigenvalue weighted by molar-refractivity contribution is 0.285. The van der Waals surface area contributed by atoms with E-state index in [9.17, 15) is 5.11 Å². The summed E-state index contributed by atoms with van der Waals surface area (Å²) >= 11 is 0. The van der Waals surface area contributed by atoms with Crippen molar-refractivity contribution in [2.75, 3.05) is 18.2 Å². The lowest BCUT2D eigenvalue weighted by atomic mass is 9.98. The molecular weight excluding hydrogens is 350 g/mol. The minimum absolute atomic E-state index is 0.267. The van der Waals surface area contributed by atoms with Gasteiger partial charge in [0.1, 0.15) is 23.9 Å². The van der Waals surface area contributed by atoms with Gasteiger partial charge in [0.25, 0.3) is 0 Å². The largest absolute Gasteiger partial charge is 0.508 e. The van der Waals surface area contributed by atoms with Gasteiger partial charge in [0.05, 0.1) is 0 Å². The number of hydrogen-bond acceptors (Lipinski definition) is 4. The molecule has 4 nitrogen and oxygen atoms in total. The van der Waals surface area contributed by atoms with E-state index in [1.807, 2.05) is 18.2 Å². The molecular formula is C24H21NO3. The van der Waals surface area contributed by atoms with Crippen LogP contribution in [0.1, 0.15) is 22.3 Å². The van der Waals surface area contributed by atoms with Crippen LogP contribution in [0.4, 0.5) is 5.69 Å². The minimum atomic E-state index is 0.267. The lowest BCUT2D eigenvalue weighted by Crippen LogP contribution is -2.32. The molecule has 0 spiro atoms. The van der Waals surface area contributed by atoms with Crippen molar-refractivity contribution in [2.45, 2.75) is 13.5 Å². The highest BCUT2D eigenvalue weighted by atomic mass is 16.5. The highest BCUT2D eigenvalue weighted by Gasteiger charge is 2.22. The van der Waals surface area contributed by atoms with Gasteiger partial charge in [-0.25, -0.2) is 0 Å². The van der Waals surface area contributed by atoms with Crippen molar-refractivity contribution in [1.29, 1.82) is 0 Å². The molecule has 3 aromatic carbocycles. The summed E-state index contributed by atoms with van der Waals surface area (Å²) in [5.41, 5.74) is 6.77. The van der Waals surface area contributed by atoms with E-state index in [4.69, 9.17) is 9.47 Å². The molecule has 3 aromatic rings. The fourth-order valence-corrected chi connectivity index (χ4v) is 3.67. The van der Waals surface area contributed by atoms with Gasteiger partial charge in [0.15, 0.2) is 6.73 Å². The number of hydrogen-bond donors (Lipinski definition) is 1. The SMILES string of the molecule is Cc1ccc(N2COc3cc4c(cc3C2)C=C(c2ccc(O)cc2)CO4)cc1. The van der Waals surface area contributed by atoms with Crippen LogP contribution < -0.4 is 14.4 Å². The Balaban J connectivity index is 1.46. The second-order valence-electron chi connectivity index (χ2n) is 7.31. The molecule has 140 valence electrons. The van der Waals surface area contributed by atoms with Crippen molar-refractivity contribution in [1.82, 2.24) is 0 Å². The molecule has 0 saturated carbocycles. The fraction of sp³-hybridized carbons (Fsp3) is 0.167. The van der Waals surface area contributed by atoms with E-state index in [1.165, 1.54) is 5.56 Å². The number of fused-ring (bicyclic) bond motifs is 2. The van der Waals surface area contributed by atoms with Crippen molar-refractivity contribution in [2.24, 2.45) is 0 Å². The summed E-state index contributed by atoms with van der Waals surface area (Å²) in [5, 5.41) is 9.51. The van der Waals surface area contributed by atoms with Crippen LogP contribution in [0.3, 0.4) is 0 Å². The van der Waals surface area contributed by atoms with Crippen molar-refractivity contribution >= 4 is 17.3 Å². The van der Waals surface area contributed by atoms with E-state index in [-0.39, 0.29) is 5.75 Å². The molecule has 2 heterocycles. The lowest BCUT2D eigenvalue weighted by Gasteiger charge is -2.32. The van der Waals surface area contributed by atoms with E-state index in [0.29, 0.717) is 13.3 Å². The highest BCUT2D eigenvalue weighted by molar-refractivity contribution is 5.86. The van der Waals surface area contributed by atoms with Crippen molar-refractivity contribution < 1.29 is 14.6 Å². The Morgan fingerprint density at radius 2 is 1.68 bits per heavy atom. The van der Waals surface area contributed by atoms with E-state index in [0.717, 1.165) is 46.0 Å². The first kappa shape index (κ1) is 16.8. The molecule has 2 aliphatic rings. The highest BCUT2D eigenvalue weighted by Crippen LogP contribution is 2.38. The molecule has 0 bridgehead atoms. The third kappa shape index (κ3) is 3.07. The summed E-state index contributed by atoms with van der Waals surface area (Å²) in [6.45, 7) is 3.93. The summed E-state index contributed by atoms with van der Waals surface area (Å²) in [7, 11) is 0. The van der Waals surface area contributed by atoms with Gasteiger partial charge in [-0.3, -0.25) is 0 Å². The van der Waals surface area contributed by atoms with Gasteiger partial charge in [-0.1, -0.05) is 29.8 Å². The second-order valence-corrected chi connectivity index (χ2v) is 7.31. The van der Waals surface area contributed by atoms with Crippen molar-refractivity contribution in [3.63, 3.8) is 0 Å². The molecule has 5 rings (SSSR count). The zero-order chi connectivity index (χ0) is 19.1. The number of nitrogens with zero attached hydrogens (tertiary/aromatic N) is 1. The molecule has 0 unspecified atom stereocenters. The van der Waals surface area contributed by atoms with Crippen molar-refractivity contribution in [3.05, 3.63) is 82.9 Å². The quantitative estimate of drug-likeness (QED) is 0.689. The van der Waals surface area contributed by atoms with Crippen LogP contribution in [0.25, 0.3) is 11.6 Å². The summed E-state index contributed by atoms with van der Waals surface area (Å²) < 4.78 is 12.0. The normalized spacial score (nSPS) is 15.0. The molecule has 1 N–H and O–H groups in total. The number of anilines is 1. The first-order valence-corrected chi connectivity index (χ1v) is 9.40. The Hall–Kier alpha value is -3.40. The summed E-state index contributed by atoms with van der Waals surface area (Å²) in [6.07, 6.45) is 2.16. The van der Waals surface area contributed by atoms with Gasteiger partial charge < -0.3 is 19.5 Å². The fourth-order valence-electron chi connectivity index (χ4n) is 3.67. The number of aryl methyl sites for hydroxylation is 1. The first-order valence-electron chi connectivity index (χ1n) is 9.40. The van der Waals surface area contributed by atoms with Crippen LogP contribution in [-0.4, -0.2) is 18.4 Å². The second kappa shape index (κ2) is 6.64. The summed E-state index contributed by atoms with van der Waals surface area (Å²) in [6, 6.07) is 19.9. The Morgan fingerprint density at radius 3 is 2.46 bits per heavy atom. The van der Waals surface area contributed by atoms with Crippen LogP contribution in [0, 0.1) is 6.92 Å². The smallest absolute Gasteiger partial charge is 0.161 e. The number of phenols is 1. The van der Waals surface area contributed by atoms with Gasteiger partial charge in [-0.15, -0.1) is 0 Å². The van der Waals surface area contributed by atoms with Crippen molar-refractivity contribution in [3.8, 4) is 17.2 Å². The van der Waals surface area contributed by atoms with Crippen LogP contribution in [0.5, 0.6) is 17.2 Å². The third-order valence-corrected chi connectivity index (χ3v) is 5.28. The van der Waals surface area contributed by atoms with Gasteiger partial charge >= 0.3 is 0 Å².